The Bertz CT molecular complexity index is 397. The van der Waals surface area contributed by atoms with Crippen molar-refractivity contribution >= 4 is 10.1 Å². The molecule has 0 aliphatic heterocycles. The van der Waals surface area contributed by atoms with Crippen LogP contribution in [0.25, 0.3) is 0 Å². The van der Waals surface area contributed by atoms with E-state index in [-0.39, 0.29) is 0 Å². The van der Waals surface area contributed by atoms with Gasteiger partial charge in [-0.25, -0.2) is 0 Å². The molecule has 0 aliphatic rings. The average Bonchev–Trinajstić information content (AvgIpc) is 2.49. The molecule has 0 bridgehead atoms. The highest BCUT2D eigenvalue weighted by Crippen LogP contribution is 2.08. The van der Waals surface area contributed by atoms with E-state index in [1.54, 1.807) is 0 Å². The van der Waals surface area contributed by atoms with Gasteiger partial charge in [-0.2, -0.15) is 8.42 Å². The van der Waals surface area contributed by atoms with Gasteiger partial charge in [-0.3, -0.25) is 4.18 Å². The van der Waals surface area contributed by atoms with Crippen LogP contribution in [-0.4, -0.2) is 21.3 Å². The molecule has 0 fully saturated rings. The Kier molecular flexibility index (Phi) is 15.8. The van der Waals surface area contributed by atoms with E-state index in [0.29, 0.717) is 6.61 Å². The van der Waals surface area contributed by atoms with E-state index in [0.717, 1.165) is 31.9 Å². The largest absolute Gasteiger partial charge is 0.270 e. The summed E-state index contributed by atoms with van der Waals surface area (Å²) in [6, 6.07) is 0. The van der Waals surface area contributed by atoms with Gasteiger partial charge < -0.3 is 0 Å². The summed E-state index contributed by atoms with van der Waals surface area (Å²) in [6.45, 7) is 2.57. The Morgan fingerprint density at radius 2 is 1.22 bits per heavy atom. The summed E-state index contributed by atoms with van der Waals surface area (Å²) < 4.78 is 26.2. The van der Waals surface area contributed by atoms with Gasteiger partial charge in [0.2, 0.25) is 0 Å². The van der Waals surface area contributed by atoms with Gasteiger partial charge in [0.15, 0.2) is 0 Å². The predicted octanol–water partition coefficient (Wildman–Crippen LogP) is 5.78. The van der Waals surface area contributed by atoms with Crippen LogP contribution in [0.15, 0.2) is 24.3 Å². The van der Waals surface area contributed by atoms with Gasteiger partial charge in [0, 0.05) is 0 Å². The molecule has 0 atom stereocenters. The molecule has 0 N–H and O–H groups in total. The van der Waals surface area contributed by atoms with Crippen LogP contribution in [0, 0.1) is 0 Å². The summed E-state index contributed by atoms with van der Waals surface area (Å²) in [7, 11) is -3.26. The third kappa shape index (κ3) is 21.4. The minimum atomic E-state index is -3.26. The lowest BCUT2D eigenvalue weighted by Crippen LogP contribution is -2.03. The molecule has 23 heavy (non-hydrogen) atoms. The molecule has 0 rings (SSSR count). The molecule has 0 saturated heterocycles. The zero-order valence-electron chi connectivity index (χ0n) is 15.1. The minimum absolute atomic E-state index is 0.326. The molecule has 0 radical (unpaired) electrons. The SMILES string of the molecule is CCCCCCC=CC=CCCCCCCCCOS(C)(=O)=O. The van der Waals surface area contributed by atoms with Crippen molar-refractivity contribution in [1.82, 2.24) is 0 Å². The summed E-state index contributed by atoms with van der Waals surface area (Å²) in [6.07, 6.45) is 24.4. The van der Waals surface area contributed by atoms with E-state index < -0.39 is 10.1 Å². The monoisotopic (exact) mass is 344 g/mol. The maximum atomic E-state index is 10.8. The van der Waals surface area contributed by atoms with Crippen molar-refractivity contribution in [3.05, 3.63) is 24.3 Å². The molecule has 0 unspecified atom stereocenters. The molecule has 0 heterocycles. The Morgan fingerprint density at radius 1 is 0.739 bits per heavy atom. The Morgan fingerprint density at radius 3 is 1.74 bits per heavy atom. The number of hydrogen-bond acceptors (Lipinski definition) is 3. The van der Waals surface area contributed by atoms with Gasteiger partial charge in [-0.1, -0.05) is 76.2 Å². The third-order valence-electron chi connectivity index (χ3n) is 3.67. The standard InChI is InChI=1S/C19H36O3S/c1-3-4-5-6-7-8-9-10-11-12-13-14-15-16-17-18-19-22-23(2,20)21/h8-11H,3-7,12-19H2,1-2H3. The fourth-order valence-electron chi connectivity index (χ4n) is 2.32. The molecular weight excluding hydrogens is 308 g/mol. The third-order valence-corrected chi connectivity index (χ3v) is 4.26. The Labute approximate surface area is 144 Å². The van der Waals surface area contributed by atoms with Crippen LogP contribution in [0.5, 0.6) is 0 Å². The number of hydrogen-bond donors (Lipinski definition) is 0. The molecule has 0 aromatic carbocycles. The van der Waals surface area contributed by atoms with E-state index in [2.05, 4.69) is 31.2 Å². The second-order valence-electron chi connectivity index (χ2n) is 6.14. The predicted molar refractivity (Wildman–Crippen MR) is 100 cm³/mol. The first-order chi connectivity index (χ1) is 11.1. The fourth-order valence-corrected chi connectivity index (χ4v) is 2.74. The highest BCUT2D eigenvalue weighted by Gasteiger charge is 1.99. The number of unbranched alkanes of at least 4 members (excludes halogenated alkanes) is 10. The van der Waals surface area contributed by atoms with E-state index >= 15 is 0 Å². The van der Waals surface area contributed by atoms with E-state index in [1.807, 2.05) is 0 Å². The molecule has 0 aromatic rings. The molecular formula is C19H36O3S. The molecule has 136 valence electrons. The van der Waals surface area contributed by atoms with Crippen LogP contribution in [-0.2, 0) is 14.3 Å². The molecule has 0 spiro atoms. The van der Waals surface area contributed by atoms with Crippen molar-refractivity contribution in [3.63, 3.8) is 0 Å². The van der Waals surface area contributed by atoms with Crippen LogP contribution in [0.1, 0.15) is 84.0 Å². The van der Waals surface area contributed by atoms with Gasteiger partial charge in [0.1, 0.15) is 0 Å². The minimum Gasteiger partial charge on any atom is -0.270 e. The molecule has 0 amide bonds. The smallest absolute Gasteiger partial charge is 0.264 e. The summed E-state index contributed by atoms with van der Waals surface area (Å²) in [4.78, 5) is 0. The normalized spacial score (nSPS) is 12.6. The van der Waals surface area contributed by atoms with E-state index in [4.69, 9.17) is 4.18 Å². The molecule has 0 aliphatic carbocycles. The Hall–Kier alpha value is -0.610. The summed E-state index contributed by atoms with van der Waals surface area (Å²) in [5.74, 6) is 0. The first-order valence-corrected chi connectivity index (χ1v) is 11.0. The van der Waals surface area contributed by atoms with Crippen molar-refractivity contribution in [1.29, 1.82) is 0 Å². The first-order valence-electron chi connectivity index (χ1n) is 9.22. The van der Waals surface area contributed by atoms with Gasteiger partial charge in [-0.15, -0.1) is 0 Å². The molecule has 0 aromatic heterocycles. The van der Waals surface area contributed by atoms with Crippen LogP contribution in [0.4, 0.5) is 0 Å². The van der Waals surface area contributed by atoms with Gasteiger partial charge in [0.25, 0.3) is 10.1 Å². The van der Waals surface area contributed by atoms with Crippen LogP contribution in [0.2, 0.25) is 0 Å². The zero-order valence-corrected chi connectivity index (χ0v) is 16.0. The van der Waals surface area contributed by atoms with Gasteiger partial charge in [0.05, 0.1) is 12.9 Å². The van der Waals surface area contributed by atoms with Crippen molar-refractivity contribution < 1.29 is 12.6 Å². The number of allylic oxidation sites excluding steroid dienone is 4. The van der Waals surface area contributed by atoms with Crippen molar-refractivity contribution in [2.24, 2.45) is 0 Å². The molecule has 3 nitrogen and oxygen atoms in total. The van der Waals surface area contributed by atoms with Crippen LogP contribution >= 0.6 is 0 Å². The lowest BCUT2D eigenvalue weighted by Gasteiger charge is -2.01. The zero-order chi connectivity index (χ0) is 17.2. The van der Waals surface area contributed by atoms with Crippen LogP contribution < -0.4 is 0 Å². The second-order valence-corrected chi connectivity index (χ2v) is 7.79. The quantitative estimate of drug-likeness (QED) is 0.203. The lowest BCUT2D eigenvalue weighted by atomic mass is 10.1. The topological polar surface area (TPSA) is 43.4 Å². The van der Waals surface area contributed by atoms with Crippen molar-refractivity contribution in [3.8, 4) is 0 Å². The van der Waals surface area contributed by atoms with E-state index in [1.165, 1.54) is 51.4 Å². The first kappa shape index (κ1) is 22.4. The second kappa shape index (κ2) is 16.3. The number of rotatable bonds is 16. The van der Waals surface area contributed by atoms with Crippen LogP contribution in [0.3, 0.4) is 0 Å². The lowest BCUT2D eigenvalue weighted by molar-refractivity contribution is 0.309. The van der Waals surface area contributed by atoms with Gasteiger partial charge >= 0.3 is 0 Å². The van der Waals surface area contributed by atoms with E-state index in [9.17, 15) is 8.42 Å². The summed E-state index contributed by atoms with van der Waals surface area (Å²) in [5.41, 5.74) is 0. The van der Waals surface area contributed by atoms with Crippen molar-refractivity contribution in [2.45, 2.75) is 84.0 Å². The molecule has 0 saturated carbocycles. The maximum absolute atomic E-state index is 10.8. The highest BCUT2D eigenvalue weighted by atomic mass is 32.2. The van der Waals surface area contributed by atoms with Gasteiger partial charge in [-0.05, 0) is 32.1 Å². The summed E-state index contributed by atoms with van der Waals surface area (Å²) >= 11 is 0. The maximum Gasteiger partial charge on any atom is 0.264 e. The highest BCUT2D eigenvalue weighted by molar-refractivity contribution is 7.85. The summed E-state index contributed by atoms with van der Waals surface area (Å²) in [5, 5.41) is 0. The Balaban J connectivity index is 3.23. The fraction of sp³-hybridized carbons (Fsp3) is 0.789. The van der Waals surface area contributed by atoms with Crippen molar-refractivity contribution in [2.75, 3.05) is 12.9 Å². The average molecular weight is 345 g/mol. The molecule has 4 heteroatoms.